The monoisotopic (exact) mass is 394 g/mol. The zero-order valence-electron chi connectivity index (χ0n) is 16.7. The van der Waals surface area contributed by atoms with Crippen molar-refractivity contribution in [1.82, 2.24) is 20.0 Å². The van der Waals surface area contributed by atoms with Gasteiger partial charge in [0, 0.05) is 31.4 Å². The maximum Gasteiger partial charge on any atom is 0.261 e. The van der Waals surface area contributed by atoms with E-state index in [1.807, 2.05) is 19.4 Å². The summed E-state index contributed by atoms with van der Waals surface area (Å²) in [6, 6.07) is 4.80. The van der Waals surface area contributed by atoms with E-state index in [1.165, 1.54) is 4.90 Å². The van der Waals surface area contributed by atoms with Gasteiger partial charge in [-0.1, -0.05) is 19.3 Å². The maximum absolute atomic E-state index is 12.9. The fourth-order valence-electron chi connectivity index (χ4n) is 4.27. The molecule has 3 amide bonds. The van der Waals surface area contributed by atoms with Crippen molar-refractivity contribution >= 4 is 17.7 Å². The van der Waals surface area contributed by atoms with Crippen molar-refractivity contribution in [3.8, 4) is 0 Å². The highest BCUT2D eigenvalue weighted by molar-refractivity contribution is 6.22. The van der Waals surface area contributed by atoms with Gasteiger partial charge in [0.2, 0.25) is 0 Å². The van der Waals surface area contributed by atoms with Crippen LogP contribution in [0, 0.1) is 0 Å². The third kappa shape index (κ3) is 3.95. The van der Waals surface area contributed by atoms with E-state index >= 15 is 0 Å². The minimum Gasteiger partial charge on any atom is -0.352 e. The normalized spacial score (nSPS) is 16.9. The minimum absolute atomic E-state index is 0.0131. The van der Waals surface area contributed by atoms with Crippen molar-refractivity contribution in [3.63, 3.8) is 0 Å². The van der Waals surface area contributed by atoms with Crippen LogP contribution in [0.4, 0.5) is 0 Å². The lowest BCUT2D eigenvalue weighted by molar-refractivity contribution is 0.0549. The molecule has 1 saturated carbocycles. The first-order chi connectivity index (χ1) is 14.0. The fraction of sp³-hybridized carbons (Fsp3) is 0.455. The number of nitrogens with zero attached hydrogens (tertiary/aromatic N) is 3. The summed E-state index contributed by atoms with van der Waals surface area (Å²) in [7, 11) is 1.88. The number of nitrogens with one attached hydrogen (secondary N) is 1. The first kappa shape index (κ1) is 19.4. The molecule has 0 unspecified atom stereocenters. The molecule has 1 aromatic carbocycles. The molecular weight excluding hydrogens is 368 g/mol. The zero-order chi connectivity index (χ0) is 20.4. The molecule has 1 aliphatic carbocycles. The number of carbonyl (C=O) groups excluding carboxylic acids is 3. The van der Waals surface area contributed by atoms with Crippen LogP contribution >= 0.6 is 0 Å². The maximum atomic E-state index is 12.9. The smallest absolute Gasteiger partial charge is 0.261 e. The standard InChI is InChI=1S/C22H26N4O3/c1-25-14-15(13-24-25)6-5-11-23-20(27)16-9-10-18-19(12-16)22(29)26(21(18)28)17-7-3-2-4-8-17/h9-10,12-14,17H,2-8,11H2,1H3,(H,23,27). The molecule has 0 radical (unpaired) electrons. The first-order valence-electron chi connectivity index (χ1n) is 10.3. The van der Waals surface area contributed by atoms with Gasteiger partial charge >= 0.3 is 0 Å². The number of aryl methyl sites for hydroxylation is 2. The van der Waals surface area contributed by atoms with Crippen LogP contribution in [0.25, 0.3) is 0 Å². The number of hydrogen-bond donors (Lipinski definition) is 1. The lowest BCUT2D eigenvalue weighted by Crippen LogP contribution is -2.40. The molecule has 2 aromatic rings. The lowest BCUT2D eigenvalue weighted by atomic mass is 9.94. The van der Waals surface area contributed by atoms with E-state index in [4.69, 9.17) is 0 Å². The van der Waals surface area contributed by atoms with Crippen LogP contribution in [0.3, 0.4) is 0 Å². The van der Waals surface area contributed by atoms with Gasteiger partial charge in [-0.15, -0.1) is 0 Å². The summed E-state index contributed by atoms with van der Waals surface area (Å²) >= 11 is 0. The second kappa shape index (κ2) is 8.19. The summed E-state index contributed by atoms with van der Waals surface area (Å²) in [6.07, 6.45) is 10.4. The zero-order valence-corrected chi connectivity index (χ0v) is 16.7. The van der Waals surface area contributed by atoms with E-state index < -0.39 is 0 Å². The van der Waals surface area contributed by atoms with Gasteiger partial charge in [0.05, 0.1) is 17.3 Å². The van der Waals surface area contributed by atoms with Gasteiger partial charge in [0.15, 0.2) is 0 Å². The van der Waals surface area contributed by atoms with Gasteiger partial charge < -0.3 is 5.32 Å². The van der Waals surface area contributed by atoms with Crippen molar-refractivity contribution in [2.24, 2.45) is 7.05 Å². The molecule has 0 spiro atoms. The molecule has 152 valence electrons. The van der Waals surface area contributed by atoms with Gasteiger partial charge in [0.1, 0.15) is 0 Å². The van der Waals surface area contributed by atoms with E-state index in [0.717, 1.165) is 50.5 Å². The quantitative estimate of drug-likeness (QED) is 0.603. The second-order valence-electron chi connectivity index (χ2n) is 7.91. The van der Waals surface area contributed by atoms with Crippen LogP contribution in [-0.2, 0) is 13.5 Å². The molecule has 1 aliphatic heterocycles. The third-order valence-corrected chi connectivity index (χ3v) is 5.81. The van der Waals surface area contributed by atoms with E-state index in [0.29, 0.717) is 23.2 Å². The molecule has 2 heterocycles. The van der Waals surface area contributed by atoms with Gasteiger partial charge in [-0.25, -0.2) is 0 Å². The van der Waals surface area contributed by atoms with Crippen LogP contribution in [0.5, 0.6) is 0 Å². The van der Waals surface area contributed by atoms with E-state index in [2.05, 4.69) is 10.4 Å². The van der Waals surface area contributed by atoms with Crippen molar-refractivity contribution in [1.29, 1.82) is 0 Å². The lowest BCUT2D eigenvalue weighted by Gasteiger charge is -2.29. The number of imide groups is 1. The Morgan fingerprint density at radius 1 is 1.14 bits per heavy atom. The van der Waals surface area contributed by atoms with Crippen molar-refractivity contribution < 1.29 is 14.4 Å². The highest BCUT2D eigenvalue weighted by atomic mass is 16.2. The summed E-state index contributed by atoms with van der Waals surface area (Å²) in [5, 5.41) is 7.02. The molecule has 7 heteroatoms. The summed E-state index contributed by atoms with van der Waals surface area (Å²) in [5.41, 5.74) is 2.31. The molecule has 1 fully saturated rings. The Labute approximate surface area is 170 Å². The van der Waals surface area contributed by atoms with E-state index in [-0.39, 0.29) is 23.8 Å². The molecule has 1 N–H and O–H groups in total. The van der Waals surface area contributed by atoms with Crippen LogP contribution < -0.4 is 5.32 Å². The first-order valence-corrected chi connectivity index (χ1v) is 10.3. The van der Waals surface area contributed by atoms with Crippen LogP contribution in [0.2, 0.25) is 0 Å². The number of hydrogen-bond acceptors (Lipinski definition) is 4. The molecule has 2 aliphatic rings. The van der Waals surface area contributed by atoms with Crippen molar-refractivity contribution in [2.75, 3.05) is 6.54 Å². The minimum atomic E-state index is -0.261. The van der Waals surface area contributed by atoms with Gasteiger partial charge in [-0.05, 0) is 49.4 Å². The molecule has 0 bridgehead atoms. The predicted molar refractivity (Wildman–Crippen MR) is 108 cm³/mol. The topological polar surface area (TPSA) is 84.3 Å². The van der Waals surface area contributed by atoms with Crippen LogP contribution in [0.15, 0.2) is 30.6 Å². The average molecular weight is 394 g/mol. The molecule has 29 heavy (non-hydrogen) atoms. The van der Waals surface area contributed by atoms with Gasteiger partial charge in [-0.3, -0.25) is 24.0 Å². The molecule has 7 nitrogen and oxygen atoms in total. The Hall–Kier alpha value is -2.96. The summed E-state index contributed by atoms with van der Waals surface area (Å²) in [6.45, 7) is 0.534. The van der Waals surface area contributed by atoms with Crippen LogP contribution in [-0.4, -0.2) is 45.0 Å². The number of benzene rings is 1. The van der Waals surface area contributed by atoms with E-state index in [9.17, 15) is 14.4 Å². The summed E-state index contributed by atoms with van der Waals surface area (Å²) in [5.74, 6) is -0.709. The number of rotatable bonds is 6. The largest absolute Gasteiger partial charge is 0.352 e. The van der Waals surface area contributed by atoms with E-state index in [1.54, 1.807) is 22.9 Å². The SMILES string of the molecule is Cn1cc(CCCNC(=O)c2ccc3c(c2)C(=O)N(C2CCCCC2)C3=O)cn1. The van der Waals surface area contributed by atoms with Crippen molar-refractivity contribution in [2.45, 2.75) is 51.0 Å². The Kier molecular flexibility index (Phi) is 5.47. The second-order valence-corrected chi connectivity index (χ2v) is 7.91. The third-order valence-electron chi connectivity index (χ3n) is 5.81. The Bertz CT molecular complexity index is 943. The Morgan fingerprint density at radius 2 is 1.90 bits per heavy atom. The molecular formula is C22H26N4O3. The van der Waals surface area contributed by atoms with Gasteiger partial charge in [0.25, 0.3) is 17.7 Å². The van der Waals surface area contributed by atoms with Crippen molar-refractivity contribution in [3.05, 3.63) is 52.8 Å². The van der Waals surface area contributed by atoms with Gasteiger partial charge in [-0.2, -0.15) is 5.10 Å². The molecule has 1 aromatic heterocycles. The molecule has 0 saturated heterocycles. The summed E-state index contributed by atoms with van der Waals surface area (Å²) < 4.78 is 1.76. The summed E-state index contributed by atoms with van der Waals surface area (Å²) in [4.78, 5) is 39.5. The molecule has 4 rings (SSSR count). The number of fused-ring (bicyclic) bond motifs is 1. The predicted octanol–water partition coefficient (Wildman–Crippen LogP) is 2.71. The average Bonchev–Trinajstić information content (AvgIpc) is 3.26. The number of amides is 3. The fourth-order valence-corrected chi connectivity index (χ4v) is 4.27. The Balaban J connectivity index is 1.38. The number of aromatic nitrogens is 2. The Morgan fingerprint density at radius 3 is 2.62 bits per heavy atom. The van der Waals surface area contributed by atoms with Crippen LogP contribution in [0.1, 0.15) is 75.2 Å². The highest BCUT2D eigenvalue weighted by Crippen LogP contribution is 2.31. The molecule has 0 atom stereocenters. The number of carbonyl (C=O) groups is 3. The highest BCUT2D eigenvalue weighted by Gasteiger charge is 2.40.